The SMILES string of the molecule is CC(O)Cc1ccc2cc[nH]c2c1F. The zero-order valence-electron chi connectivity index (χ0n) is 7.92. The minimum absolute atomic E-state index is 0.256. The number of aromatic amines is 1. The lowest BCUT2D eigenvalue weighted by atomic mass is 10.1. The van der Waals surface area contributed by atoms with Crippen LogP contribution in [0.3, 0.4) is 0 Å². The molecule has 0 radical (unpaired) electrons. The summed E-state index contributed by atoms with van der Waals surface area (Å²) >= 11 is 0. The molecule has 0 saturated carbocycles. The lowest BCUT2D eigenvalue weighted by Crippen LogP contribution is -2.06. The molecule has 1 atom stereocenters. The summed E-state index contributed by atoms with van der Waals surface area (Å²) in [6, 6.07) is 5.40. The molecule has 1 aromatic carbocycles. The Labute approximate surface area is 81.4 Å². The summed E-state index contributed by atoms with van der Waals surface area (Å²) in [5.41, 5.74) is 1.07. The van der Waals surface area contributed by atoms with Gasteiger partial charge >= 0.3 is 0 Å². The first-order valence-corrected chi connectivity index (χ1v) is 4.61. The number of aliphatic hydroxyl groups is 1. The highest BCUT2D eigenvalue weighted by molar-refractivity contribution is 5.80. The molecular formula is C11H12FNO. The van der Waals surface area contributed by atoms with Crippen LogP contribution in [0.15, 0.2) is 24.4 Å². The minimum Gasteiger partial charge on any atom is -0.393 e. The van der Waals surface area contributed by atoms with Gasteiger partial charge in [-0.3, -0.25) is 0 Å². The second kappa shape index (κ2) is 3.42. The van der Waals surface area contributed by atoms with E-state index in [0.29, 0.717) is 17.5 Å². The van der Waals surface area contributed by atoms with Gasteiger partial charge in [-0.2, -0.15) is 0 Å². The number of hydrogen-bond donors (Lipinski definition) is 2. The Morgan fingerprint density at radius 2 is 2.21 bits per heavy atom. The average molecular weight is 193 g/mol. The molecule has 0 aliphatic carbocycles. The smallest absolute Gasteiger partial charge is 0.150 e. The van der Waals surface area contributed by atoms with Gasteiger partial charge in [-0.25, -0.2) is 4.39 Å². The second-order valence-corrected chi connectivity index (χ2v) is 3.53. The Hall–Kier alpha value is -1.35. The first kappa shape index (κ1) is 9.21. The predicted molar refractivity (Wildman–Crippen MR) is 53.6 cm³/mol. The van der Waals surface area contributed by atoms with E-state index < -0.39 is 6.10 Å². The molecule has 0 bridgehead atoms. The molecule has 1 heterocycles. The van der Waals surface area contributed by atoms with Gasteiger partial charge in [0.1, 0.15) is 0 Å². The highest BCUT2D eigenvalue weighted by Crippen LogP contribution is 2.20. The number of hydrogen-bond acceptors (Lipinski definition) is 1. The maximum Gasteiger partial charge on any atom is 0.150 e. The summed E-state index contributed by atoms with van der Waals surface area (Å²) < 4.78 is 13.7. The van der Waals surface area contributed by atoms with Crippen molar-refractivity contribution in [3.8, 4) is 0 Å². The predicted octanol–water partition coefficient (Wildman–Crippen LogP) is 2.23. The van der Waals surface area contributed by atoms with Crippen molar-refractivity contribution in [2.24, 2.45) is 0 Å². The Balaban J connectivity index is 2.51. The summed E-state index contributed by atoms with van der Waals surface area (Å²) in [7, 11) is 0. The van der Waals surface area contributed by atoms with Crippen molar-refractivity contribution in [2.45, 2.75) is 19.4 Å². The Morgan fingerprint density at radius 3 is 2.93 bits per heavy atom. The zero-order valence-corrected chi connectivity index (χ0v) is 7.92. The molecule has 14 heavy (non-hydrogen) atoms. The van der Waals surface area contributed by atoms with Gasteiger partial charge in [0.25, 0.3) is 0 Å². The molecule has 0 spiro atoms. The number of H-pyrrole nitrogens is 1. The lowest BCUT2D eigenvalue weighted by Gasteiger charge is -2.06. The van der Waals surface area contributed by atoms with Crippen molar-refractivity contribution < 1.29 is 9.50 Å². The van der Waals surface area contributed by atoms with Gasteiger partial charge in [0.2, 0.25) is 0 Å². The Kier molecular flexibility index (Phi) is 2.25. The first-order chi connectivity index (χ1) is 6.68. The van der Waals surface area contributed by atoms with Crippen LogP contribution in [0, 0.1) is 5.82 Å². The Bertz CT molecular complexity index is 447. The molecule has 0 amide bonds. The van der Waals surface area contributed by atoms with Gasteiger partial charge in [-0.15, -0.1) is 0 Å². The maximum absolute atomic E-state index is 13.7. The van der Waals surface area contributed by atoms with Crippen molar-refractivity contribution in [1.29, 1.82) is 0 Å². The molecule has 2 aromatic rings. The molecule has 2 N–H and O–H groups in total. The number of rotatable bonds is 2. The molecule has 74 valence electrons. The molecule has 0 aliphatic rings. The number of aliphatic hydroxyl groups excluding tert-OH is 1. The van der Waals surface area contributed by atoms with Crippen LogP contribution in [-0.4, -0.2) is 16.2 Å². The highest BCUT2D eigenvalue weighted by atomic mass is 19.1. The average Bonchev–Trinajstić information content (AvgIpc) is 2.57. The van der Waals surface area contributed by atoms with E-state index in [1.165, 1.54) is 0 Å². The highest BCUT2D eigenvalue weighted by Gasteiger charge is 2.09. The molecule has 1 aromatic heterocycles. The number of nitrogens with one attached hydrogen (secondary N) is 1. The van der Waals surface area contributed by atoms with Crippen LogP contribution in [0.5, 0.6) is 0 Å². The zero-order chi connectivity index (χ0) is 10.1. The summed E-state index contributed by atoms with van der Waals surface area (Å²) in [6.07, 6.45) is 1.54. The third-order valence-corrected chi connectivity index (χ3v) is 2.26. The fraction of sp³-hybridized carbons (Fsp3) is 0.273. The third-order valence-electron chi connectivity index (χ3n) is 2.26. The number of fused-ring (bicyclic) bond motifs is 1. The molecular weight excluding hydrogens is 181 g/mol. The van der Waals surface area contributed by atoms with Crippen molar-refractivity contribution in [2.75, 3.05) is 0 Å². The van der Waals surface area contributed by atoms with Crippen LogP contribution in [0.1, 0.15) is 12.5 Å². The molecule has 1 unspecified atom stereocenters. The van der Waals surface area contributed by atoms with E-state index in [4.69, 9.17) is 0 Å². The molecule has 0 saturated heterocycles. The standard InChI is InChI=1S/C11H12FNO/c1-7(14)6-9-3-2-8-4-5-13-11(8)10(9)12/h2-5,7,13-14H,6H2,1H3. The van der Waals surface area contributed by atoms with Crippen LogP contribution >= 0.6 is 0 Å². The van der Waals surface area contributed by atoms with E-state index in [1.807, 2.05) is 12.1 Å². The van der Waals surface area contributed by atoms with Gasteiger partial charge < -0.3 is 10.1 Å². The minimum atomic E-state index is -0.517. The fourth-order valence-corrected chi connectivity index (χ4v) is 1.61. The van der Waals surface area contributed by atoms with Crippen molar-refractivity contribution in [1.82, 2.24) is 4.98 Å². The topological polar surface area (TPSA) is 36.0 Å². The maximum atomic E-state index is 13.7. The summed E-state index contributed by atoms with van der Waals surface area (Å²) in [5.74, 6) is -0.256. The molecule has 0 fully saturated rings. The summed E-state index contributed by atoms with van der Waals surface area (Å²) in [5, 5.41) is 10.0. The van der Waals surface area contributed by atoms with E-state index in [1.54, 1.807) is 19.2 Å². The van der Waals surface area contributed by atoms with E-state index in [2.05, 4.69) is 4.98 Å². The summed E-state index contributed by atoms with van der Waals surface area (Å²) in [4.78, 5) is 2.84. The monoisotopic (exact) mass is 193 g/mol. The van der Waals surface area contributed by atoms with Crippen LogP contribution in [-0.2, 0) is 6.42 Å². The van der Waals surface area contributed by atoms with Crippen LogP contribution < -0.4 is 0 Å². The number of benzene rings is 1. The first-order valence-electron chi connectivity index (χ1n) is 4.61. The molecule has 2 rings (SSSR count). The van der Waals surface area contributed by atoms with Crippen LogP contribution in [0.25, 0.3) is 10.9 Å². The molecule has 2 nitrogen and oxygen atoms in total. The van der Waals surface area contributed by atoms with E-state index in [9.17, 15) is 9.50 Å². The normalized spacial score (nSPS) is 13.4. The fourth-order valence-electron chi connectivity index (χ4n) is 1.61. The van der Waals surface area contributed by atoms with Crippen molar-refractivity contribution in [3.05, 3.63) is 35.8 Å². The van der Waals surface area contributed by atoms with E-state index >= 15 is 0 Å². The molecule has 3 heteroatoms. The number of halogens is 1. The van der Waals surface area contributed by atoms with Crippen molar-refractivity contribution in [3.63, 3.8) is 0 Å². The van der Waals surface area contributed by atoms with Gasteiger partial charge in [-0.1, -0.05) is 12.1 Å². The quantitative estimate of drug-likeness (QED) is 0.753. The lowest BCUT2D eigenvalue weighted by molar-refractivity contribution is 0.194. The van der Waals surface area contributed by atoms with Crippen LogP contribution in [0.2, 0.25) is 0 Å². The third kappa shape index (κ3) is 1.51. The largest absolute Gasteiger partial charge is 0.393 e. The second-order valence-electron chi connectivity index (χ2n) is 3.53. The van der Waals surface area contributed by atoms with Crippen molar-refractivity contribution >= 4 is 10.9 Å². The van der Waals surface area contributed by atoms with Gasteiger partial charge in [0, 0.05) is 18.0 Å². The number of aromatic nitrogens is 1. The van der Waals surface area contributed by atoms with Crippen LogP contribution in [0.4, 0.5) is 4.39 Å². The van der Waals surface area contributed by atoms with E-state index in [-0.39, 0.29) is 5.82 Å². The van der Waals surface area contributed by atoms with E-state index in [0.717, 1.165) is 5.39 Å². The van der Waals surface area contributed by atoms with Gasteiger partial charge in [0.15, 0.2) is 5.82 Å². The van der Waals surface area contributed by atoms with Gasteiger partial charge in [0.05, 0.1) is 11.6 Å². The molecule has 0 aliphatic heterocycles. The van der Waals surface area contributed by atoms with Gasteiger partial charge in [-0.05, 0) is 18.6 Å². The Morgan fingerprint density at radius 1 is 1.43 bits per heavy atom. The summed E-state index contributed by atoms with van der Waals surface area (Å²) in [6.45, 7) is 1.65.